The van der Waals surface area contributed by atoms with Crippen molar-refractivity contribution < 1.29 is 29.2 Å². The van der Waals surface area contributed by atoms with Crippen molar-refractivity contribution in [3.05, 3.63) is 35.9 Å². The van der Waals surface area contributed by atoms with Crippen LogP contribution in [0, 0.1) is 0 Å². The van der Waals surface area contributed by atoms with E-state index in [1.54, 1.807) is 37.4 Å². The first-order valence-corrected chi connectivity index (χ1v) is 7.09. The molecule has 23 heavy (non-hydrogen) atoms. The highest BCUT2D eigenvalue weighted by Gasteiger charge is 2.27. The van der Waals surface area contributed by atoms with Crippen LogP contribution in [0.25, 0.3) is 10.8 Å². The van der Waals surface area contributed by atoms with Gasteiger partial charge in [-0.25, -0.2) is 0 Å². The highest BCUT2D eigenvalue weighted by molar-refractivity contribution is 5.94. The lowest BCUT2D eigenvalue weighted by molar-refractivity contribution is -0.145. The lowest BCUT2D eigenvalue weighted by Crippen LogP contribution is -2.25. The fourth-order valence-corrected chi connectivity index (χ4v) is 2.52. The van der Waals surface area contributed by atoms with E-state index < -0.39 is 18.2 Å². The Hall–Kier alpha value is -2.31. The van der Waals surface area contributed by atoms with Crippen LogP contribution in [0.1, 0.15) is 18.1 Å². The summed E-state index contributed by atoms with van der Waals surface area (Å²) < 4.78 is 15.0. The van der Waals surface area contributed by atoms with Crippen molar-refractivity contribution >= 4 is 16.7 Å². The van der Waals surface area contributed by atoms with Crippen molar-refractivity contribution in [1.82, 2.24) is 0 Å². The Labute approximate surface area is 134 Å². The largest absolute Gasteiger partial charge is 0.507 e. The zero-order valence-electron chi connectivity index (χ0n) is 13.3. The lowest BCUT2D eigenvalue weighted by atomic mass is 9.97. The average molecular weight is 320 g/mol. The van der Waals surface area contributed by atoms with Crippen LogP contribution in [-0.2, 0) is 14.3 Å². The maximum atomic E-state index is 11.4. The number of ether oxygens (including phenoxy) is 3. The first-order chi connectivity index (χ1) is 11.0. The first-order valence-electron chi connectivity index (χ1n) is 7.09. The topological polar surface area (TPSA) is 85.2 Å². The van der Waals surface area contributed by atoms with Crippen molar-refractivity contribution in [2.45, 2.75) is 18.6 Å². The number of aromatic hydroxyl groups is 1. The second kappa shape index (κ2) is 7.30. The number of benzene rings is 2. The molecule has 6 nitrogen and oxygen atoms in total. The van der Waals surface area contributed by atoms with Crippen molar-refractivity contribution in [2.75, 3.05) is 21.3 Å². The number of aliphatic hydroxyl groups excluding tert-OH is 1. The number of rotatable bonds is 6. The predicted molar refractivity (Wildman–Crippen MR) is 84.6 cm³/mol. The van der Waals surface area contributed by atoms with E-state index in [-0.39, 0.29) is 17.7 Å². The quantitative estimate of drug-likeness (QED) is 0.794. The zero-order valence-corrected chi connectivity index (χ0v) is 13.3. The molecule has 0 bridgehead atoms. The number of phenolic OH excluding ortho intramolecular Hbond substituents is 1. The summed E-state index contributed by atoms with van der Waals surface area (Å²) in [5, 5.41) is 22.2. The fourth-order valence-electron chi connectivity index (χ4n) is 2.52. The number of hydrogen-bond donors (Lipinski definition) is 2. The van der Waals surface area contributed by atoms with Crippen LogP contribution in [0.3, 0.4) is 0 Å². The molecule has 2 aromatic rings. The molecule has 0 unspecified atom stereocenters. The molecular weight excluding hydrogens is 300 g/mol. The molecule has 0 aliphatic rings. The number of aliphatic hydroxyl groups is 1. The average Bonchev–Trinajstić information content (AvgIpc) is 2.58. The van der Waals surface area contributed by atoms with Gasteiger partial charge in [0.1, 0.15) is 17.6 Å². The summed E-state index contributed by atoms with van der Waals surface area (Å²) in [6.45, 7) is 0. The molecule has 2 N–H and O–H groups in total. The summed E-state index contributed by atoms with van der Waals surface area (Å²) in [6, 6.07) is 8.60. The van der Waals surface area contributed by atoms with Gasteiger partial charge >= 0.3 is 5.97 Å². The Bertz CT molecular complexity index is 697. The van der Waals surface area contributed by atoms with Crippen LogP contribution in [0.2, 0.25) is 0 Å². The first kappa shape index (κ1) is 17.1. The van der Waals surface area contributed by atoms with Crippen LogP contribution in [-0.4, -0.2) is 43.6 Å². The highest BCUT2D eigenvalue weighted by Crippen LogP contribution is 2.38. The summed E-state index contributed by atoms with van der Waals surface area (Å²) in [5.74, 6) is 0.0513. The summed E-state index contributed by atoms with van der Waals surface area (Å²) >= 11 is 0. The minimum atomic E-state index is -1.17. The Morgan fingerprint density at radius 1 is 1.13 bits per heavy atom. The molecule has 0 aromatic heterocycles. The summed E-state index contributed by atoms with van der Waals surface area (Å²) in [6.07, 6.45) is -2.12. The second-order valence-corrected chi connectivity index (χ2v) is 5.06. The molecular formula is C17H20O6. The Kier molecular flexibility index (Phi) is 5.41. The number of methoxy groups -OCH3 is 3. The van der Waals surface area contributed by atoms with Gasteiger partial charge in [-0.2, -0.15) is 0 Å². The molecule has 0 heterocycles. The maximum Gasteiger partial charge on any atom is 0.308 e. The van der Waals surface area contributed by atoms with E-state index in [1.807, 2.05) is 0 Å². The van der Waals surface area contributed by atoms with E-state index in [4.69, 9.17) is 9.47 Å². The molecule has 0 aliphatic heterocycles. The third kappa shape index (κ3) is 3.38. The molecule has 0 saturated heterocycles. The standard InChI is InChI=1S/C17H20O6/c1-21-13-6-4-5-11-10(13)7-8-12(16(11)19)17(20)14(22-2)9-15(18)23-3/h4-8,14,17,19-20H,9H2,1-3H3/t14-,17-/m0/s1. The lowest BCUT2D eigenvalue weighted by Gasteiger charge is -2.22. The van der Waals surface area contributed by atoms with Gasteiger partial charge in [0.05, 0.1) is 26.7 Å². The Morgan fingerprint density at radius 2 is 1.87 bits per heavy atom. The van der Waals surface area contributed by atoms with Crippen molar-refractivity contribution in [2.24, 2.45) is 0 Å². The predicted octanol–water partition coefficient (Wildman–Crippen LogP) is 2.17. The molecule has 2 atom stereocenters. The van der Waals surface area contributed by atoms with Gasteiger partial charge in [-0.15, -0.1) is 0 Å². The van der Waals surface area contributed by atoms with E-state index >= 15 is 0 Å². The monoisotopic (exact) mass is 320 g/mol. The van der Waals surface area contributed by atoms with Crippen LogP contribution < -0.4 is 4.74 Å². The summed E-state index contributed by atoms with van der Waals surface area (Å²) in [4.78, 5) is 11.4. The van der Waals surface area contributed by atoms with Gasteiger partial charge in [0, 0.05) is 23.4 Å². The minimum absolute atomic E-state index is 0.0687. The molecule has 0 amide bonds. The van der Waals surface area contributed by atoms with Gasteiger partial charge in [-0.05, 0) is 6.07 Å². The molecule has 6 heteroatoms. The van der Waals surface area contributed by atoms with Gasteiger partial charge in [0.25, 0.3) is 0 Å². The fraction of sp³-hybridized carbons (Fsp3) is 0.353. The van der Waals surface area contributed by atoms with Crippen LogP contribution in [0.5, 0.6) is 11.5 Å². The zero-order chi connectivity index (χ0) is 17.0. The number of hydrogen-bond acceptors (Lipinski definition) is 6. The van der Waals surface area contributed by atoms with Gasteiger partial charge < -0.3 is 24.4 Å². The third-order valence-corrected chi connectivity index (χ3v) is 3.81. The SMILES string of the molecule is COC(=O)C[C@H](OC)[C@@H](O)c1ccc2c(OC)cccc2c1O. The van der Waals surface area contributed by atoms with Crippen molar-refractivity contribution in [3.8, 4) is 11.5 Å². The van der Waals surface area contributed by atoms with E-state index in [0.717, 1.165) is 5.39 Å². The van der Waals surface area contributed by atoms with E-state index in [9.17, 15) is 15.0 Å². The molecule has 0 spiro atoms. The normalized spacial score (nSPS) is 13.6. The van der Waals surface area contributed by atoms with Gasteiger partial charge in [0.15, 0.2) is 0 Å². The number of carbonyl (C=O) groups is 1. The second-order valence-electron chi connectivity index (χ2n) is 5.06. The molecule has 0 saturated carbocycles. The number of phenols is 1. The molecule has 0 radical (unpaired) electrons. The number of esters is 1. The Morgan fingerprint density at radius 3 is 2.48 bits per heavy atom. The van der Waals surface area contributed by atoms with Crippen molar-refractivity contribution in [1.29, 1.82) is 0 Å². The van der Waals surface area contributed by atoms with Crippen LogP contribution in [0.4, 0.5) is 0 Å². The van der Waals surface area contributed by atoms with E-state index in [1.165, 1.54) is 14.2 Å². The number of carbonyl (C=O) groups excluding carboxylic acids is 1. The molecule has 124 valence electrons. The molecule has 2 rings (SSSR count). The van der Waals surface area contributed by atoms with E-state index in [2.05, 4.69) is 4.74 Å². The molecule has 0 fully saturated rings. The smallest absolute Gasteiger partial charge is 0.308 e. The molecule has 0 aliphatic carbocycles. The molecule has 2 aromatic carbocycles. The summed E-state index contributed by atoms with van der Waals surface area (Å²) in [5.41, 5.74) is 0.279. The Balaban J connectivity index is 2.42. The van der Waals surface area contributed by atoms with Gasteiger partial charge in [-0.3, -0.25) is 4.79 Å². The minimum Gasteiger partial charge on any atom is -0.507 e. The van der Waals surface area contributed by atoms with E-state index in [0.29, 0.717) is 11.1 Å². The van der Waals surface area contributed by atoms with Gasteiger partial charge in [0.2, 0.25) is 0 Å². The van der Waals surface area contributed by atoms with Gasteiger partial charge in [-0.1, -0.05) is 24.3 Å². The number of fused-ring (bicyclic) bond motifs is 1. The summed E-state index contributed by atoms with van der Waals surface area (Å²) in [7, 11) is 4.20. The van der Waals surface area contributed by atoms with Crippen molar-refractivity contribution in [3.63, 3.8) is 0 Å². The third-order valence-electron chi connectivity index (χ3n) is 3.81. The van der Waals surface area contributed by atoms with Crippen LogP contribution >= 0.6 is 0 Å². The van der Waals surface area contributed by atoms with Crippen LogP contribution in [0.15, 0.2) is 30.3 Å². The highest BCUT2D eigenvalue weighted by atomic mass is 16.5. The maximum absolute atomic E-state index is 11.4.